The lowest BCUT2D eigenvalue weighted by Crippen LogP contribution is -2.21. The molecule has 0 atom stereocenters. The normalized spacial score (nSPS) is 11.7. The Morgan fingerprint density at radius 1 is 1.15 bits per heavy atom. The van der Waals surface area contributed by atoms with Crippen molar-refractivity contribution in [3.63, 3.8) is 0 Å². The van der Waals surface area contributed by atoms with Crippen LogP contribution in [0, 0.1) is 0 Å². The average Bonchev–Trinajstić information content (AvgIpc) is 3.14. The number of nitrogens with zero attached hydrogens (tertiary/aromatic N) is 1. The smallest absolute Gasteiger partial charge is 0.295 e. The second-order valence-electron chi connectivity index (χ2n) is 5.53. The van der Waals surface area contributed by atoms with Crippen LogP contribution in [0.1, 0.15) is 10.6 Å². The molecule has 0 aliphatic rings. The zero-order chi connectivity index (χ0) is 19.2. The van der Waals surface area contributed by atoms with Gasteiger partial charge in [0.05, 0.1) is 26.3 Å². The van der Waals surface area contributed by atoms with Gasteiger partial charge < -0.3 is 14.3 Å². The van der Waals surface area contributed by atoms with Gasteiger partial charge in [0.1, 0.15) is 0 Å². The fourth-order valence-electron chi connectivity index (χ4n) is 2.28. The number of nitrogens with one attached hydrogen (secondary N) is 2. The van der Waals surface area contributed by atoms with Crippen molar-refractivity contribution in [1.29, 1.82) is 0 Å². The maximum atomic E-state index is 12.6. The highest BCUT2D eigenvalue weighted by molar-refractivity contribution is 7.92. The summed E-state index contributed by atoms with van der Waals surface area (Å²) in [7, 11) is -1.16. The quantitative estimate of drug-likeness (QED) is 0.640. The van der Waals surface area contributed by atoms with Crippen molar-refractivity contribution in [1.82, 2.24) is 9.88 Å². The number of aromatic nitrogens is 1. The van der Waals surface area contributed by atoms with E-state index in [9.17, 15) is 13.2 Å². The summed E-state index contributed by atoms with van der Waals surface area (Å²) in [6, 6.07) is 4.05. The van der Waals surface area contributed by atoms with Crippen LogP contribution in [0.2, 0.25) is 15.1 Å². The number of carbonyl (C=O) groups excluding carboxylic acids is 1. The van der Waals surface area contributed by atoms with Crippen LogP contribution >= 0.6 is 34.8 Å². The third-order valence-electron chi connectivity index (χ3n) is 3.51. The van der Waals surface area contributed by atoms with E-state index in [2.05, 4.69) is 9.71 Å². The average molecular weight is 437 g/mol. The molecule has 3 rings (SSSR count). The maximum Gasteiger partial charge on any atom is 0.295 e. The van der Waals surface area contributed by atoms with Gasteiger partial charge in [0.15, 0.2) is 0 Å². The van der Waals surface area contributed by atoms with Crippen molar-refractivity contribution in [3.05, 3.63) is 45.2 Å². The Hall–Kier alpha value is -1.87. The number of rotatable bonds is 4. The van der Waals surface area contributed by atoms with Gasteiger partial charge in [-0.2, -0.15) is 8.42 Å². The predicted molar refractivity (Wildman–Crippen MR) is 101 cm³/mol. The van der Waals surface area contributed by atoms with Crippen LogP contribution < -0.4 is 4.72 Å². The number of carbonyl (C=O) groups is 1. The Bertz CT molecular complexity index is 1120. The van der Waals surface area contributed by atoms with Gasteiger partial charge in [0, 0.05) is 31.7 Å². The first-order valence-electron chi connectivity index (χ1n) is 7.10. The molecule has 0 saturated heterocycles. The minimum Gasteiger partial charge on any atom is -0.436 e. The number of hydrogen-bond donors (Lipinski definition) is 2. The highest BCUT2D eigenvalue weighted by Gasteiger charge is 2.27. The van der Waals surface area contributed by atoms with E-state index in [0.29, 0.717) is 20.9 Å². The van der Waals surface area contributed by atoms with Crippen molar-refractivity contribution in [3.8, 4) is 0 Å². The number of aromatic amines is 1. The molecule has 0 aliphatic carbocycles. The molecular formula is C15H12Cl3N3O4S. The number of furan rings is 1. The van der Waals surface area contributed by atoms with Crippen molar-refractivity contribution < 1.29 is 17.6 Å². The molecule has 0 unspecified atom stereocenters. The molecule has 11 heteroatoms. The van der Waals surface area contributed by atoms with E-state index in [1.165, 1.54) is 37.3 Å². The van der Waals surface area contributed by atoms with Crippen LogP contribution in [0.5, 0.6) is 0 Å². The number of hydrogen-bond acceptors (Lipinski definition) is 4. The first-order valence-corrected chi connectivity index (χ1v) is 9.72. The molecule has 1 amide bonds. The first-order chi connectivity index (χ1) is 12.1. The van der Waals surface area contributed by atoms with Crippen molar-refractivity contribution in [2.75, 3.05) is 18.8 Å². The highest BCUT2D eigenvalue weighted by Crippen LogP contribution is 2.36. The van der Waals surface area contributed by atoms with E-state index in [1.807, 2.05) is 0 Å². The molecule has 0 bridgehead atoms. The molecule has 1 aromatic carbocycles. The summed E-state index contributed by atoms with van der Waals surface area (Å²) in [4.78, 5) is 16.1. The molecule has 0 spiro atoms. The fourth-order valence-corrected chi connectivity index (χ4v) is 4.15. The van der Waals surface area contributed by atoms with Gasteiger partial charge in [0.2, 0.25) is 10.9 Å². The third kappa shape index (κ3) is 3.25. The lowest BCUT2D eigenvalue weighted by molar-refractivity contribution is 0.0791. The maximum absolute atomic E-state index is 12.6. The molecular weight excluding hydrogens is 425 g/mol. The summed E-state index contributed by atoms with van der Waals surface area (Å²) in [6.45, 7) is 0. The summed E-state index contributed by atoms with van der Waals surface area (Å²) < 4.78 is 32.8. The molecule has 26 heavy (non-hydrogen) atoms. The predicted octanol–water partition coefficient (Wildman–Crippen LogP) is 4.22. The monoisotopic (exact) mass is 435 g/mol. The molecule has 0 fully saturated rings. The van der Waals surface area contributed by atoms with Crippen LogP contribution in [0.15, 0.2) is 33.9 Å². The second-order valence-corrected chi connectivity index (χ2v) is 8.36. The van der Waals surface area contributed by atoms with Gasteiger partial charge in [0.25, 0.3) is 15.9 Å². The number of fused-ring (bicyclic) bond motifs is 1. The van der Waals surface area contributed by atoms with Crippen molar-refractivity contribution >= 4 is 67.3 Å². The topological polar surface area (TPSA) is 95.4 Å². The lowest BCUT2D eigenvalue weighted by atomic mass is 10.2. The zero-order valence-electron chi connectivity index (χ0n) is 13.4. The van der Waals surface area contributed by atoms with Crippen LogP contribution in [0.4, 0.5) is 5.69 Å². The van der Waals surface area contributed by atoms with E-state index < -0.39 is 21.0 Å². The summed E-state index contributed by atoms with van der Waals surface area (Å²) in [5, 5.41) is 0.608. The van der Waals surface area contributed by atoms with Crippen molar-refractivity contribution in [2.24, 2.45) is 0 Å². The Kier molecular flexibility index (Phi) is 4.87. The standard InChI is InChI=1S/C15H12Cl3N3O4S/c1-21(2)15(22)14-8(17)5-11(25-14)26(23,24)20-10-4-3-7(16)12-9(18)6-19-13(10)12/h3-6,19-20H,1-2H3. The van der Waals surface area contributed by atoms with Crippen LogP contribution in [-0.2, 0) is 10.0 Å². The van der Waals surface area contributed by atoms with Gasteiger partial charge in [-0.15, -0.1) is 0 Å². The number of amides is 1. The third-order valence-corrected chi connectivity index (χ3v) is 5.62. The Morgan fingerprint density at radius 2 is 1.85 bits per heavy atom. The zero-order valence-corrected chi connectivity index (χ0v) is 16.5. The van der Waals surface area contributed by atoms with E-state index in [4.69, 9.17) is 39.2 Å². The molecule has 7 nitrogen and oxygen atoms in total. The number of sulfonamides is 1. The van der Waals surface area contributed by atoms with Crippen LogP contribution in [0.3, 0.4) is 0 Å². The van der Waals surface area contributed by atoms with Crippen molar-refractivity contribution in [2.45, 2.75) is 5.09 Å². The minimum atomic E-state index is -4.15. The summed E-state index contributed by atoms with van der Waals surface area (Å²) in [6.07, 6.45) is 1.49. The summed E-state index contributed by atoms with van der Waals surface area (Å²) in [5.41, 5.74) is 0.623. The molecule has 2 aromatic heterocycles. The van der Waals surface area contributed by atoms with Crippen LogP contribution in [-0.4, -0.2) is 38.3 Å². The lowest BCUT2D eigenvalue weighted by Gasteiger charge is -2.09. The summed E-state index contributed by atoms with van der Waals surface area (Å²) in [5.74, 6) is -0.817. The molecule has 138 valence electrons. The number of halogens is 3. The molecule has 0 saturated carbocycles. The molecule has 2 N–H and O–H groups in total. The van der Waals surface area contributed by atoms with Gasteiger partial charge in [-0.1, -0.05) is 34.8 Å². The Labute approximate surface area is 163 Å². The SMILES string of the molecule is CN(C)C(=O)c1oc(S(=O)(=O)Nc2ccc(Cl)c3c(Cl)c[nH]c23)cc1Cl. The fraction of sp³-hybridized carbons (Fsp3) is 0.133. The van der Waals surface area contributed by atoms with Gasteiger partial charge in [-0.25, -0.2) is 0 Å². The minimum absolute atomic E-state index is 0.103. The number of anilines is 1. The van der Waals surface area contributed by atoms with Crippen LogP contribution in [0.25, 0.3) is 10.9 Å². The van der Waals surface area contributed by atoms with E-state index in [0.717, 1.165) is 6.07 Å². The van der Waals surface area contributed by atoms with E-state index in [-0.39, 0.29) is 16.5 Å². The van der Waals surface area contributed by atoms with E-state index >= 15 is 0 Å². The number of benzene rings is 1. The Balaban J connectivity index is 2.02. The molecule has 0 radical (unpaired) electrons. The first kappa shape index (κ1) is 18.9. The molecule has 0 aliphatic heterocycles. The highest BCUT2D eigenvalue weighted by atomic mass is 35.5. The molecule has 3 aromatic rings. The van der Waals surface area contributed by atoms with Gasteiger partial charge in [-0.05, 0) is 12.1 Å². The largest absolute Gasteiger partial charge is 0.436 e. The van der Waals surface area contributed by atoms with E-state index in [1.54, 1.807) is 0 Å². The second kappa shape index (κ2) is 6.70. The van der Waals surface area contributed by atoms with Gasteiger partial charge >= 0.3 is 0 Å². The molecule has 2 heterocycles. The Morgan fingerprint density at radius 3 is 2.50 bits per heavy atom. The number of H-pyrrole nitrogens is 1. The summed E-state index contributed by atoms with van der Waals surface area (Å²) >= 11 is 18.1. The van der Waals surface area contributed by atoms with Gasteiger partial charge in [-0.3, -0.25) is 9.52 Å².